The number of fused-ring (bicyclic) bond motifs is 1. The highest BCUT2D eigenvalue weighted by Gasteiger charge is 2.30. The maximum atomic E-state index is 14.0. The number of nitrogens with zero attached hydrogens (tertiary/aromatic N) is 4. The number of aromatic amines is 1. The Balaban J connectivity index is 1.37. The Morgan fingerprint density at radius 2 is 1.75 bits per heavy atom. The van der Waals surface area contributed by atoms with E-state index in [0.29, 0.717) is 33.8 Å². The molecular formula is C22H14F4N5O+. The number of hydrogen-bond donors (Lipinski definition) is 1. The van der Waals surface area contributed by atoms with Crippen LogP contribution in [0.5, 0.6) is 0 Å². The van der Waals surface area contributed by atoms with Crippen LogP contribution in [0.1, 0.15) is 11.4 Å². The summed E-state index contributed by atoms with van der Waals surface area (Å²) in [6.45, 7) is 0.258. The van der Waals surface area contributed by atoms with Crippen LogP contribution >= 0.6 is 0 Å². The Labute approximate surface area is 178 Å². The minimum absolute atomic E-state index is 0.124. The van der Waals surface area contributed by atoms with Crippen molar-refractivity contribution in [3.63, 3.8) is 0 Å². The minimum atomic E-state index is -4.41. The molecule has 0 spiro atoms. The summed E-state index contributed by atoms with van der Waals surface area (Å²) in [5, 5.41) is 3.90. The zero-order valence-electron chi connectivity index (χ0n) is 16.3. The second-order valence-electron chi connectivity index (χ2n) is 7.07. The van der Waals surface area contributed by atoms with Crippen molar-refractivity contribution < 1.29 is 26.7 Å². The second-order valence-corrected chi connectivity index (χ2v) is 7.07. The molecule has 0 fully saturated rings. The molecule has 0 atom stereocenters. The SMILES string of the molecule is Fc1ccccc1-c1nc2cc[n+](Cc3noc(-c4ccc(C(F)(F)F)cc4)n3)cc2[nH]1. The summed E-state index contributed by atoms with van der Waals surface area (Å²) >= 11 is 0. The molecule has 32 heavy (non-hydrogen) atoms. The number of alkyl halides is 3. The smallest absolute Gasteiger partial charge is 0.334 e. The van der Waals surface area contributed by atoms with Gasteiger partial charge in [-0.25, -0.2) is 9.37 Å². The predicted molar refractivity (Wildman–Crippen MR) is 106 cm³/mol. The van der Waals surface area contributed by atoms with E-state index >= 15 is 0 Å². The minimum Gasteiger partial charge on any atom is -0.334 e. The molecular weight excluding hydrogens is 426 g/mol. The van der Waals surface area contributed by atoms with Gasteiger partial charge in [0.2, 0.25) is 12.4 Å². The lowest BCUT2D eigenvalue weighted by molar-refractivity contribution is -0.688. The van der Waals surface area contributed by atoms with Gasteiger partial charge >= 0.3 is 6.18 Å². The number of aromatic nitrogens is 5. The third kappa shape index (κ3) is 3.82. The van der Waals surface area contributed by atoms with E-state index in [4.69, 9.17) is 4.52 Å². The van der Waals surface area contributed by atoms with Crippen molar-refractivity contribution in [3.8, 4) is 22.8 Å². The molecule has 5 aromatic rings. The maximum Gasteiger partial charge on any atom is 0.416 e. The Morgan fingerprint density at radius 3 is 2.50 bits per heavy atom. The molecule has 1 N–H and O–H groups in total. The van der Waals surface area contributed by atoms with Gasteiger partial charge in [0, 0.05) is 11.6 Å². The Morgan fingerprint density at radius 1 is 0.969 bits per heavy atom. The summed E-state index contributed by atoms with van der Waals surface area (Å²) in [7, 11) is 0. The average Bonchev–Trinajstić information content (AvgIpc) is 3.40. The van der Waals surface area contributed by atoms with Crippen LogP contribution in [0.15, 0.2) is 71.5 Å². The maximum absolute atomic E-state index is 14.0. The molecule has 160 valence electrons. The van der Waals surface area contributed by atoms with Crippen molar-refractivity contribution in [2.45, 2.75) is 12.7 Å². The number of pyridine rings is 1. The first-order chi connectivity index (χ1) is 15.4. The van der Waals surface area contributed by atoms with E-state index in [2.05, 4.69) is 20.1 Å². The number of imidazole rings is 1. The van der Waals surface area contributed by atoms with Gasteiger partial charge in [-0.15, -0.1) is 0 Å². The molecule has 0 unspecified atom stereocenters. The quantitative estimate of drug-likeness (QED) is 0.323. The average molecular weight is 440 g/mol. The molecule has 10 heteroatoms. The van der Waals surface area contributed by atoms with Crippen LogP contribution in [-0.4, -0.2) is 20.1 Å². The standard InChI is InChI=1S/C22H13F4N5O/c23-16-4-2-1-3-15(16)20-27-17-9-10-31(11-18(17)28-20)12-19-29-21(32-30-19)13-5-7-14(8-6-13)22(24,25)26/h1-11H,12H2/p+1. The first-order valence-corrected chi connectivity index (χ1v) is 9.51. The highest BCUT2D eigenvalue weighted by atomic mass is 19.4. The fraction of sp³-hybridized carbons (Fsp3) is 0.0909. The highest BCUT2D eigenvalue weighted by molar-refractivity contribution is 5.77. The normalized spacial score (nSPS) is 11.9. The first kappa shape index (κ1) is 19.9. The van der Waals surface area contributed by atoms with Crippen LogP contribution in [0.2, 0.25) is 0 Å². The van der Waals surface area contributed by atoms with Crippen LogP contribution in [-0.2, 0) is 12.7 Å². The molecule has 0 aliphatic rings. The number of halogens is 4. The Hall–Kier alpha value is -4.08. The van der Waals surface area contributed by atoms with Crippen LogP contribution in [0, 0.1) is 5.82 Å². The van der Waals surface area contributed by atoms with E-state index < -0.39 is 11.7 Å². The van der Waals surface area contributed by atoms with Gasteiger partial charge in [-0.3, -0.25) is 0 Å². The Kier molecular flexibility index (Phi) is 4.69. The first-order valence-electron chi connectivity index (χ1n) is 9.51. The summed E-state index contributed by atoms with van der Waals surface area (Å²) in [6.07, 6.45) is -0.865. The van der Waals surface area contributed by atoms with Crippen LogP contribution < -0.4 is 4.57 Å². The van der Waals surface area contributed by atoms with Gasteiger partial charge in [-0.2, -0.15) is 22.7 Å². The van der Waals surface area contributed by atoms with Gasteiger partial charge in [0.15, 0.2) is 12.4 Å². The lowest BCUT2D eigenvalue weighted by Crippen LogP contribution is -2.33. The zero-order valence-corrected chi connectivity index (χ0v) is 16.3. The van der Waals surface area contributed by atoms with E-state index in [1.807, 2.05) is 0 Å². The topological polar surface area (TPSA) is 71.5 Å². The third-order valence-electron chi connectivity index (χ3n) is 4.86. The summed E-state index contributed by atoms with van der Waals surface area (Å²) in [4.78, 5) is 11.8. The van der Waals surface area contributed by atoms with Crippen molar-refractivity contribution in [2.75, 3.05) is 0 Å². The van der Waals surface area contributed by atoms with Gasteiger partial charge in [0.05, 0.1) is 11.1 Å². The summed E-state index contributed by atoms with van der Waals surface area (Å²) in [5.41, 5.74) is 1.37. The van der Waals surface area contributed by atoms with Crippen molar-refractivity contribution in [1.29, 1.82) is 0 Å². The molecule has 3 heterocycles. The number of benzene rings is 2. The molecule has 0 saturated carbocycles. The number of hydrogen-bond acceptors (Lipinski definition) is 4. The molecule has 3 aromatic heterocycles. The molecule has 0 saturated heterocycles. The molecule has 0 amide bonds. The van der Waals surface area contributed by atoms with Gasteiger partial charge in [-0.05, 0) is 36.4 Å². The van der Waals surface area contributed by atoms with E-state index in [9.17, 15) is 17.6 Å². The highest BCUT2D eigenvalue weighted by Crippen LogP contribution is 2.30. The molecule has 2 aromatic carbocycles. The fourth-order valence-electron chi connectivity index (χ4n) is 3.28. The number of rotatable bonds is 4. The molecule has 0 aliphatic carbocycles. The van der Waals surface area contributed by atoms with Gasteiger partial charge in [-0.1, -0.05) is 17.3 Å². The monoisotopic (exact) mass is 440 g/mol. The van der Waals surface area contributed by atoms with Gasteiger partial charge in [0.1, 0.15) is 22.7 Å². The van der Waals surface area contributed by atoms with E-state index in [1.165, 1.54) is 18.2 Å². The third-order valence-corrected chi connectivity index (χ3v) is 4.86. The van der Waals surface area contributed by atoms with E-state index in [1.54, 1.807) is 41.2 Å². The largest absolute Gasteiger partial charge is 0.416 e. The molecule has 5 rings (SSSR count). The van der Waals surface area contributed by atoms with Gasteiger partial charge in [0.25, 0.3) is 5.89 Å². The van der Waals surface area contributed by atoms with Crippen molar-refractivity contribution in [2.24, 2.45) is 0 Å². The van der Waals surface area contributed by atoms with E-state index in [0.717, 1.165) is 12.1 Å². The van der Waals surface area contributed by atoms with Crippen LogP contribution in [0.3, 0.4) is 0 Å². The molecule has 0 aliphatic heterocycles. The second kappa shape index (κ2) is 7.56. The zero-order chi connectivity index (χ0) is 22.3. The summed E-state index contributed by atoms with van der Waals surface area (Å²) in [6, 6.07) is 12.6. The van der Waals surface area contributed by atoms with Crippen molar-refractivity contribution in [3.05, 3.63) is 84.2 Å². The lowest BCUT2D eigenvalue weighted by atomic mass is 10.1. The predicted octanol–water partition coefficient (Wildman–Crippen LogP) is 4.77. The van der Waals surface area contributed by atoms with E-state index in [-0.39, 0.29) is 18.3 Å². The number of H-pyrrole nitrogens is 1. The Bertz CT molecular complexity index is 1410. The molecule has 0 bridgehead atoms. The van der Waals surface area contributed by atoms with Crippen LogP contribution in [0.25, 0.3) is 33.9 Å². The van der Waals surface area contributed by atoms with Gasteiger partial charge < -0.3 is 9.51 Å². The summed E-state index contributed by atoms with van der Waals surface area (Å²) in [5.74, 6) is 0.513. The number of nitrogens with one attached hydrogen (secondary N) is 1. The van der Waals surface area contributed by atoms with Crippen LogP contribution in [0.4, 0.5) is 17.6 Å². The summed E-state index contributed by atoms with van der Waals surface area (Å²) < 4.78 is 59.2. The molecule has 0 radical (unpaired) electrons. The molecule has 6 nitrogen and oxygen atoms in total. The fourth-order valence-corrected chi connectivity index (χ4v) is 3.28. The van der Waals surface area contributed by atoms with Crippen molar-refractivity contribution in [1.82, 2.24) is 20.1 Å². The lowest BCUT2D eigenvalue weighted by Gasteiger charge is -2.05. The van der Waals surface area contributed by atoms with Crippen molar-refractivity contribution >= 4 is 11.0 Å².